The van der Waals surface area contributed by atoms with E-state index in [0.29, 0.717) is 0 Å². The van der Waals surface area contributed by atoms with E-state index >= 15 is 0 Å². The molecular weight excluding hydrogens is 166 g/mol. The summed E-state index contributed by atoms with van der Waals surface area (Å²) in [5.41, 5.74) is -0.160. The summed E-state index contributed by atoms with van der Waals surface area (Å²) in [6, 6.07) is 0. The molecule has 0 saturated carbocycles. The second-order valence-corrected chi connectivity index (χ2v) is 4.75. The third-order valence-electron chi connectivity index (χ3n) is 2.02. The molecule has 1 aliphatic heterocycles. The Kier molecular flexibility index (Phi) is 2.96. The molecule has 1 heterocycles. The van der Waals surface area contributed by atoms with Crippen LogP contribution in [0.4, 0.5) is 0 Å². The molecule has 1 rings (SSSR count). The van der Waals surface area contributed by atoms with Crippen LogP contribution in [0, 0.1) is 0 Å². The molecule has 0 aromatic heterocycles. The molecule has 0 bridgehead atoms. The second kappa shape index (κ2) is 3.66. The molecule has 1 amide bonds. The Morgan fingerprint density at radius 2 is 2.00 bits per heavy atom. The number of carbonyl (C=O) groups is 1. The second-order valence-electron chi connectivity index (χ2n) is 4.75. The zero-order valence-electron chi connectivity index (χ0n) is 8.89. The van der Waals surface area contributed by atoms with Crippen molar-refractivity contribution in [1.82, 2.24) is 5.32 Å². The van der Waals surface area contributed by atoms with Crippen molar-refractivity contribution in [2.24, 2.45) is 0 Å². The van der Waals surface area contributed by atoms with Crippen molar-refractivity contribution in [1.29, 1.82) is 0 Å². The van der Waals surface area contributed by atoms with Crippen LogP contribution in [0.25, 0.3) is 0 Å². The molecule has 76 valence electrons. The smallest absolute Gasteiger partial charge is 0.249 e. The minimum absolute atomic E-state index is 0.0249. The minimum Gasteiger partial charge on any atom is -0.365 e. The van der Waals surface area contributed by atoms with Crippen LogP contribution >= 0.6 is 0 Å². The topological polar surface area (TPSA) is 38.3 Å². The molecule has 1 fully saturated rings. The SMILES string of the molecule is C[C@H]1CC[C@@H](C(=O)NC(C)(C)C)O1. The molecule has 0 aromatic rings. The first-order valence-electron chi connectivity index (χ1n) is 4.86. The standard InChI is InChI=1S/C10H19NO2/c1-7-5-6-8(13-7)9(12)11-10(2,3)4/h7-8H,5-6H2,1-4H3,(H,11,12)/t7-,8-/m0/s1. The Bertz CT molecular complexity index is 196. The van der Waals surface area contributed by atoms with Gasteiger partial charge in [0, 0.05) is 5.54 Å². The van der Waals surface area contributed by atoms with Crippen molar-refractivity contribution in [3.8, 4) is 0 Å². The van der Waals surface area contributed by atoms with Gasteiger partial charge >= 0.3 is 0 Å². The molecule has 0 radical (unpaired) electrons. The van der Waals surface area contributed by atoms with E-state index in [0.717, 1.165) is 12.8 Å². The van der Waals surface area contributed by atoms with Crippen LogP contribution in [0.1, 0.15) is 40.5 Å². The van der Waals surface area contributed by atoms with Crippen LogP contribution in [-0.4, -0.2) is 23.7 Å². The lowest BCUT2D eigenvalue weighted by atomic mass is 10.1. The van der Waals surface area contributed by atoms with Crippen molar-refractivity contribution in [2.75, 3.05) is 0 Å². The van der Waals surface area contributed by atoms with E-state index in [1.54, 1.807) is 0 Å². The van der Waals surface area contributed by atoms with Gasteiger partial charge in [-0.1, -0.05) is 0 Å². The summed E-state index contributed by atoms with van der Waals surface area (Å²) in [6.45, 7) is 7.93. The predicted octanol–water partition coefficient (Wildman–Crippen LogP) is 1.47. The Morgan fingerprint density at radius 1 is 1.38 bits per heavy atom. The van der Waals surface area contributed by atoms with Gasteiger partial charge in [0.2, 0.25) is 5.91 Å². The van der Waals surface area contributed by atoms with Crippen molar-refractivity contribution in [3.63, 3.8) is 0 Å². The largest absolute Gasteiger partial charge is 0.365 e. The maximum absolute atomic E-state index is 11.6. The van der Waals surface area contributed by atoms with Crippen LogP contribution in [0.15, 0.2) is 0 Å². The highest BCUT2D eigenvalue weighted by Gasteiger charge is 2.29. The third kappa shape index (κ3) is 3.35. The highest BCUT2D eigenvalue weighted by atomic mass is 16.5. The summed E-state index contributed by atoms with van der Waals surface area (Å²) >= 11 is 0. The number of amides is 1. The van der Waals surface area contributed by atoms with E-state index in [1.165, 1.54) is 0 Å². The monoisotopic (exact) mass is 185 g/mol. The Morgan fingerprint density at radius 3 is 2.38 bits per heavy atom. The van der Waals surface area contributed by atoms with Gasteiger partial charge in [0.15, 0.2) is 0 Å². The summed E-state index contributed by atoms with van der Waals surface area (Å²) < 4.78 is 5.46. The van der Waals surface area contributed by atoms with Gasteiger partial charge in [-0.3, -0.25) is 4.79 Å². The summed E-state index contributed by atoms with van der Waals surface area (Å²) in [4.78, 5) is 11.6. The van der Waals surface area contributed by atoms with Crippen LogP contribution < -0.4 is 5.32 Å². The summed E-state index contributed by atoms with van der Waals surface area (Å²) in [6.07, 6.45) is 1.84. The molecule has 0 aliphatic carbocycles. The van der Waals surface area contributed by atoms with E-state index < -0.39 is 0 Å². The highest BCUT2D eigenvalue weighted by Crippen LogP contribution is 2.19. The van der Waals surface area contributed by atoms with Gasteiger partial charge in [0.05, 0.1) is 6.10 Å². The predicted molar refractivity (Wildman–Crippen MR) is 51.5 cm³/mol. The Balaban J connectivity index is 2.41. The lowest BCUT2D eigenvalue weighted by Gasteiger charge is -2.22. The molecule has 3 heteroatoms. The lowest BCUT2D eigenvalue weighted by molar-refractivity contribution is -0.133. The summed E-state index contributed by atoms with van der Waals surface area (Å²) in [7, 11) is 0. The highest BCUT2D eigenvalue weighted by molar-refractivity contribution is 5.81. The Hall–Kier alpha value is -0.570. The fourth-order valence-electron chi connectivity index (χ4n) is 1.45. The van der Waals surface area contributed by atoms with Crippen molar-refractivity contribution >= 4 is 5.91 Å². The van der Waals surface area contributed by atoms with Gasteiger partial charge in [0.1, 0.15) is 6.10 Å². The average Bonchev–Trinajstić information content (AvgIpc) is 2.31. The fraction of sp³-hybridized carbons (Fsp3) is 0.900. The number of nitrogens with one attached hydrogen (secondary N) is 1. The normalized spacial score (nSPS) is 28.9. The zero-order chi connectivity index (χ0) is 10.1. The van der Waals surface area contributed by atoms with E-state index in [9.17, 15) is 4.79 Å². The average molecular weight is 185 g/mol. The maximum Gasteiger partial charge on any atom is 0.249 e. The van der Waals surface area contributed by atoms with E-state index in [4.69, 9.17) is 4.74 Å². The molecule has 1 aliphatic rings. The number of ether oxygens (including phenoxy) is 1. The van der Waals surface area contributed by atoms with Crippen LogP contribution in [0.2, 0.25) is 0 Å². The summed E-state index contributed by atoms with van der Waals surface area (Å²) in [5.74, 6) is 0.0249. The van der Waals surface area contributed by atoms with Gasteiger partial charge in [-0.25, -0.2) is 0 Å². The van der Waals surface area contributed by atoms with E-state index in [-0.39, 0.29) is 23.7 Å². The zero-order valence-corrected chi connectivity index (χ0v) is 8.89. The molecule has 1 N–H and O–H groups in total. The molecule has 0 spiro atoms. The fourth-order valence-corrected chi connectivity index (χ4v) is 1.45. The minimum atomic E-state index is -0.228. The first-order valence-corrected chi connectivity index (χ1v) is 4.86. The third-order valence-corrected chi connectivity index (χ3v) is 2.02. The maximum atomic E-state index is 11.6. The van der Waals surface area contributed by atoms with Crippen molar-refractivity contribution in [2.45, 2.75) is 58.3 Å². The molecule has 0 unspecified atom stereocenters. The van der Waals surface area contributed by atoms with Gasteiger partial charge in [-0.05, 0) is 40.5 Å². The van der Waals surface area contributed by atoms with Gasteiger partial charge in [-0.2, -0.15) is 0 Å². The molecule has 13 heavy (non-hydrogen) atoms. The lowest BCUT2D eigenvalue weighted by Crippen LogP contribution is -2.45. The van der Waals surface area contributed by atoms with Crippen molar-refractivity contribution < 1.29 is 9.53 Å². The first kappa shape index (κ1) is 10.5. The quantitative estimate of drug-likeness (QED) is 0.671. The van der Waals surface area contributed by atoms with E-state index in [1.807, 2.05) is 27.7 Å². The summed E-state index contributed by atoms with van der Waals surface area (Å²) in [5, 5.41) is 2.92. The van der Waals surface area contributed by atoms with Gasteiger partial charge in [-0.15, -0.1) is 0 Å². The number of hydrogen-bond acceptors (Lipinski definition) is 2. The molecular formula is C10H19NO2. The number of carbonyl (C=O) groups excluding carboxylic acids is 1. The van der Waals surface area contributed by atoms with Crippen LogP contribution in [0.5, 0.6) is 0 Å². The Labute approximate surface area is 79.8 Å². The number of rotatable bonds is 1. The van der Waals surface area contributed by atoms with Crippen LogP contribution in [0.3, 0.4) is 0 Å². The molecule has 2 atom stereocenters. The molecule has 0 aromatic carbocycles. The molecule has 3 nitrogen and oxygen atoms in total. The van der Waals surface area contributed by atoms with Crippen molar-refractivity contribution in [3.05, 3.63) is 0 Å². The van der Waals surface area contributed by atoms with Gasteiger partial charge < -0.3 is 10.1 Å². The van der Waals surface area contributed by atoms with E-state index in [2.05, 4.69) is 5.32 Å². The van der Waals surface area contributed by atoms with Gasteiger partial charge in [0.25, 0.3) is 0 Å². The first-order chi connectivity index (χ1) is 5.88. The van der Waals surface area contributed by atoms with Crippen LogP contribution in [-0.2, 0) is 9.53 Å². The number of hydrogen-bond donors (Lipinski definition) is 1. The molecule has 1 saturated heterocycles.